The summed E-state index contributed by atoms with van der Waals surface area (Å²) in [6.07, 6.45) is 0. The minimum Gasteiger partial charge on any atom is -0.495 e. The minimum absolute atomic E-state index is 0.0160. The molecule has 0 fully saturated rings. The van der Waals surface area contributed by atoms with E-state index in [0.717, 1.165) is 0 Å². The van der Waals surface area contributed by atoms with Gasteiger partial charge in [-0.1, -0.05) is 18.2 Å². The standard InChI is InChI=1S/C13H13N3O4S/c1-20-12-9-11(16(14)17)7-8-13(12)21(18,19)15-10-5-3-2-4-6-10/h2-5,7-9,15H,1H3,(H2,14,17)/q+1. The maximum atomic E-state index is 12.3. The lowest BCUT2D eigenvalue weighted by molar-refractivity contribution is -0.474. The summed E-state index contributed by atoms with van der Waals surface area (Å²) >= 11 is 0. The highest BCUT2D eigenvalue weighted by molar-refractivity contribution is 7.92. The van der Waals surface area contributed by atoms with Gasteiger partial charge in [0, 0.05) is 12.1 Å². The van der Waals surface area contributed by atoms with Gasteiger partial charge >= 0.3 is 0 Å². The normalized spacial score (nSPS) is 10.9. The van der Waals surface area contributed by atoms with Crippen molar-refractivity contribution in [3.8, 4) is 5.75 Å². The summed E-state index contributed by atoms with van der Waals surface area (Å²) in [6, 6.07) is 13.1. The van der Waals surface area contributed by atoms with E-state index in [1.807, 2.05) is 0 Å². The van der Waals surface area contributed by atoms with E-state index in [0.29, 0.717) is 5.69 Å². The third-order valence-electron chi connectivity index (χ3n) is 2.64. The molecule has 0 bridgehead atoms. The third kappa shape index (κ3) is 3.29. The lowest BCUT2D eigenvalue weighted by Crippen LogP contribution is -2.15. The van der Waals surface area contributed by atoms with E-state index in [4.69, 9.17) is 10.6 Å². The van der Waals surface area contributed by atoms with E-state index in [2.05, 4.69) is 10.8 Å². The van der Waals surface area contributed by atoms with Gasteiger partial charge in [0.1, 0.15) is 10.6 Å². The average molecular weight is 307 g/mol. The van der Waals surface area contributed by atoms with Gasteiger partial charge in [-0.3, -0.25) is 4.72 Å². The number of hydrogen-bond acceptors (Lipinski definition) is 4. The van der Waals surface area contributed by atoms with Crippen molar-refractivity contribution in [3.05, 3.63) is 53.4 Å². The molecule has 0 saturated carbocycles. The van der Waals surface area contributed by atoms with E-state index < -0.39 is 10.0 Å². The van der Waals surface area contributed by atoms with Crippen molar-refractivity contribution in [2.24, 2.45) is 5.84 Å². The number of anilines is 1. The van der Waals surface area contributed by atoms with Crippen LogP contribution in [0.5, 0.6) is 5.75 Å². The van der Waals surface area contributed by atoms with Gasteiger partial charge in [0.25, 0.3) is 15.7 Å². The highest BCUT2D eigenvalue weighted by Gasteiger charge is 2.23. The second-order valence-electron chi connectivity index (χ2n) is 4.04. The van der Waals surface area contributed by atoms with Crippen LogP contribution in [0.4, 0.5) is 11.4 Å². The fraction of sp³-hybridized carbons (Fsp3) is 0.0769. The molecule has 21 heavy (non-hydrogen) atoms. The molecule has 3 N–H and O–H groups in total. The Morgan fingerprint density at radius 1 is 1.29 bits per heavy atom. The number of para-hydroxylation sites is 1. The van der Waals surface area contributed by atoms with Crippen LogP contribution in [0.15, 0.2) is 47.4 Å². The zero-order chi connectivity index (χ0) is 15.5. The van der Waals surface area contributed by atoms with E-state index in [1.54, 1.807) is 24.3 Å². The van der Waals surface area contributed by atoms with E-state index in [1.165, 1.54) is 25.3 Å². The van der Waals surface area contributed by atoms with Crippen LogP contribution in [-0.2, 0) is 10.0 Å². The second-order valence-corrected chi connectivity index (χ2v) is 5.69. The fourth-order valence-corrected chi connectivity index (χ4v) is 2.85. The van der Waals surface area contributed by atoms with E-state index in [9.17, 15) is 13.3 Å². The molecule has 0 aliphatic rings. The van der Waals surface area contributed by atoms with Crippen LogP contribution in [-0.4, -0.2) is 20.4 Å². The maximum absolute atomic E-state index is 12.3. The van der Waals surface area contributed by atoms with Crippen molar-refractivity contribution in [1.29, 1.82) is 0 Å². The van der Waals surface area contributed by atoms with Crippen molar-refractivity contribution in [2.75, 3.05) is 11.8 Å². The fourth-order valence-electron chi connectivity index (χ4n) is 1.67. The number of rotatable bonds is 5. The summed E-state index contributed by atoms with van der Waals surface area (Å²) in [5.41, 5.74) is 0.380. The smallest absolute Gasteiger partial charge is 0.295 e. The third-order valence-corrected chi connectivity index (χ3v) is 4.05. The molecule has 0 aliphatic heterocycles. The summed E-state index contributed by atoms with van der Waals surface area (Å²) < 4.78 is 32.0. The van der Waals surface area contributed by atoms with Gasteiger partial charge in [0.05, 0.1) is 23.8 Å². The van der Waals surface area contributed by atoms with E-state index >= 15 is 0 Å². The van der Waals surface area contributed by atoms with Crippen molar-refractivity contribution in [2.45, 2.75) is 4.90 Å². The SMILES string of the molecule is COc1cc([N+](N)=O)ccc1S(=O)(=O)Nc1[c]cccc1. The van der Waals surface area contributed by atoms with Crippen LogP contribution in [0.2, 0.25) is 0 Å². The topological polar surface area (TPSA) is 102 Å². The van der Waals surface area contributed by atoms with Crippen LogP contribution in [0.25, 0.3) is 0 Å². The molecule has 2 rings (SSSR count). The number of nitroso groups, excluding NO2 is 1. The molecule has 2 aromatic carbocycles. The number of sulfonamides is 1. The first-order chi connectivity index (χ1) is 9.94. The Bertz CT molecular complexity index is 760. The molecule has 0 atom stereocenters. The van der Waals surface area contributed by atoms with Gasteiger partial charge in [-0.15, -0.1) is 0 Å². The highest BCUT2D eigenvalue weighted by Crippen LogP contribution is 2.29. The first-order valence-electron chi connectivity index (χ1n) is 5.83. The summed E-state index contributed by atoms with van der Waals surface area (Å²) in [4.78, 5) is 11.1. The molecule has 0 unspecified atom stereocenters. The molecule has 0 spiro atoms. The Morgan fingerprint density at radius 3 is 2.62 bits per heavy atom. The number of benzene rings is 2. The lowest BCUT2D eigenvalue weighted by atomic mass is 10.3. The first kappa shape index (κ1) is 14.8. The molecule has 7 nitrogen and oxygen atoms in total. The van der Waals surface area contributed by atoms with Gasteiger partial charge in [-0.25, -0.2) is 8.42 Å². The molecule has 0 amide bonds. The summed E-state index contributed by atoms with van der Waals surface area (Å²) in [5, 5.41) is 0. The Morgan fingerprint density at radius 2 is 2.05 bits per heavy atom. The molecule has 0 aliphatic carbocycles. The minimum atomic E-state index is -3.87. The predicted molar refractivity (Wildman–Crippen MR) is 76.6 cm³/mol. The van der Waals surface area contributed by atoms with Crippen molar-refractivity contribution >= 4 is 21.4 Å². The molecular weight excluding hydrogens is 294 g/mol. The lowest BCUT2D eigenvalue weighted by Gasteiger charge is -2.10. The number of nitrogens with one attached hydrogen (secondary N) is 1. The summed E-state index contributed by atoms with van der Waals surface area (Å²) in [5.74, 6) is 5.09. The first-order valence-corrected chi connectivity index (χ1v) is 7.32. The molecule has 109 valence electrons. The van der Waals surface area contributed by atoms with Crippen LogP contribution in [0, 0.1) is 11.0 Å². The molecule has 0 aromatic heterocycles. The molecule has 0 heterocycles. The number of nitrogens with zero attached hydrogens (tertiary/aromatic N) is 1. The molecule has 8 heteroatoms. The van der Waals surface area contributed by atoms with Crippen molar-refractivity contribution < 1.29 is 18.0 Å². The summed E-state index contributed by atoms with van der Waals surface area (Å²) in [7, 11) is -2.56. The Balaban J connectivity index is 2.42. The van der Waals surface area contributed by atoms with Crippen molar-refractivity contribution in [1.82, 2.24) is 0 Å². The molecule has 0 saturated heterocycles. The van der Waals surface area contributed by atoms with Gasteiger partial charge in [0.15, 0.2) is 4.87 Å². The largest absolute Gasteiger partial charge is 0.495 e. The monoisotopic (exact) mass is 307 g/mol. The van der Waals surface area contributed by atoms with Crippen molar-refractivity contribution in [3.63, 3.8) is 0 Å². The summed E-state index contributed by atoms with van der Waals surface area (Å²) in [6.45, 7) is 0. The van der Waals surface area contributed by atoms with Gasteiger partial charge in [0.2, 0.25) is 0 Å². The number of hydrogen-bond donors (Lipinski definition) is 2. The van der Waals surface area contributed by atoms with E-state index in [-0.39, 0.29) is 21.2 Å². The maximum Gasteiger partial charge on any atom is 0.295 e. The predicted octanol–water partition coefficient (Wildman–Crippen LogP) is 1.58. The number of ether oxygens (including phenoxy) is 1. The van der Waals surface area contributed by atoms with Gasteiger partial charge in [-0.2, -0.15) is 5.84 Å². The van der Waals surface area contributed by atoms with Crippen LogP contribution in [0.3, 0.4) is 0 Å². The molecule has 1 radical (unpaired) electrons. The number of hydrazine groups is 1. The molecular formula is C13H13N3O4S+. The quantitative estimate of drug-likeness (QED) is 0.496. The highest BCUT2D eigenvalue weighted by atomic mass is 32.2. The van der Waals surface area contributed by atoms with Crippen LogP contribution >= 0.6 is 0 Å². The Kier molecular flexibility index (Phi) is 4.08. The zero-order valence-corrected chi connectivity index (χ0v) is 11.9. The molecule has 2 aromatic rings. The Hall–Kier alpha value is -2.61. The number of methoxy groups -OCH3 is 1. The Labute approximate surface area is 121 Å². The van der Waals surface area contributed by atoms with Crippen LogP contribution in [0.1, 0.15) is 0 Å². The number of nitrogens with two attached hydrogens (primary N) is 1. The van der Waals surface area contributed by atoms with Crippen LogP contribution < -0.4 is 15.3 Å². The van der Waals surface area contributed by atoms with Gasteiger partial charge < -0.3 is 4.74 Å². The average Bonchev–Trinajstić information content (AvgIpc) is 2.47. The second kappa shape index (κ2) is 5.80. The zero-order valence-electron chi connectivity index (χ0n) is 11.1. The van der Waals surface area contributed by atoms with Gasteiger partial charge in [-0.05, 0) is 12.1 Å².